The number of nitrogens with zero attached hydrogens (tertiary/aromatic N) is 2. The monoisotopic (exact) mass is 283 g/mol. The summed E-state index contributed by atoms with van der Waals surface area (Å²) < 4.78 is 0.861. The van der Waals surface area contributed by atoms with Crippen LogP contribution < -0.4 is 5.32 Å². The molecular formula is C14H9N3O2S. The number of aldehydes is 1. The van der Waals surface area contributed by atoms with Crippen molar-refractivity contribution in [3.05, 3.63) is 53.9 Å². The van der Waals surface area contributed by atoms with Crippen molar-refractivity contribution in [3.8, 4) is 0 Å². The van der Waals surface area contributed by atoms with Crippen molar-refractivity contribution in [2.45, 2.75) is 0 Å². The minimum Gasteiger partial charge on any atom is -0.298 e. The molecule has 98 valence electrons. The van der Waals surface area contributed by atoms with Gasteiger partial charge in [0.05, 0.1) is 10.2 Å². The first-order chi connectivity index (χ1) is 9.76. The number of thiazole rings is 1. The lowest BCUT2D eigenvalue weighted by molar-refractivity contribution is 0.102. The highest BCUT2D eigenvalue weighted by Crippen LogP contribution is 2.26. The molecule has 3 aromatic rings. The topological polar surface area (TPSA) is 72.0 Å². The Morgan fingerprint density at radius 2 is 2.00 bits per heavy atom. The molecule has 0 unspecified atom stereocenters. The van der Waals surface area contributed by atoms with Gasteiger partial charge in [-0.05, 0) is 30.3 Å². The smallest absolute Gasteiger partial charge is 0.257 e. The number of carbonyl (C=O) groups is 2. The first kappa shape index (κ1) is 12.4. The molecule has 0 fully saturated rings. The van der Waals surface area contributed by atoms with Gasteiger partial charge in [-0.1, -0.05) is 11.3 Å². The number of hydrogen-bond acceptors (Lipinski definition) is 5. The van der Waals surface area contributed by atoms with Crippen molar-refractivity contribution < 1.29 is 9.59 Å². The van der Waals surface area contributed by atoms with Gasteiger partial charge in [-0.3, -0.25) is 19.9 Å². The summed E-state index contributed by atoms with van der Waals surface area (Å²) >= 11 is 1.33. The Morgan fingerprint density at radius 3 is 2.75 bits per heavy atom. The minimum atomic E-state index is -0.234. The summed E-state index contributed by atoms with van der Waals surface area (Å²) in [5, 5.41) is 3.24. The summed E-state index contributed by atoms with van der Waals surface area (Å²) in [4.78, 5) is 30.9. The number of nitrogens with one attached hydrogen (secondary N) is 1. The second-order valence-corrected chi connectivity index (χ2v) is 5.08. The van der Waals surface area contributed by atoms with Crippen LogP contribution in [0.2, 0.25) is 0 Å². The van der Waals surface area contributed by atoms with Crippen molar-refractivity contribution in [1.29, 1.82) is 0 Å². The molecule has 0 bridgehead atoms. The molecule has 6 heteroatoms. The largest absolute Gasteiger partial charge is 0.298 e. The van der Waals surface area contributed by atoms with Gasteiger partial charge in [0.1, 0.15) is 6.29 Å². The quantitative estimate of drug-likeness (QED) is 0.750. The van der Waals surface area contributed by atoms with Crippen LogP contribution in [0.5, 0.6) is 0 Å². The maximum atomic E-state index is 12.0. The zero-order valence-electron chi connectivity index (χ0n) is 10.2. The second kappa shape index (κ2) is 5.18. The number of pyridine rings is 1. The molecule has 3 rings (SSSR count). The van der Waals surface area contributed by atoms with Crippen LogP contribution >= 0.6 is 11.3 Å². The van der Waals surface area contributed by atoms with Gasteiger partial charge in [-0.2, -0.15) is 0 Å². The van der Waals surface area contributed by atoms with Gasteiger partial charge in [-0.25, -0.2) is 4.98 Å². The molecule has 0 aliphatic heterocycles. The highest BCUT2D eigenvalue weighted by Gasteiger charge is 2.09. The Hall–Kier alpha value is -2.60. The van der Waals surface area contributed by atoms with Crippen molar-refractivity contribution >= 4 is 38.9 Å². The number of rotatable bonds is 3. The van der Waals surface area contributed by atoms with Gasteiger partial charge in [-0.15, -0.1) is 0 Å². The number of benzene rings is 1. The summed E-state index contributed by atoms with van der Waals surface area (Å²) in [5.41, 5.74) is 1.87. The zero-order chi connectivity index (χ0) is 13.9. The van der Waals surface area contributed by atoms with Crippen molar-refractivity contribution in [2.24, 2.45) is 0 Å². The van der Waals surface area contributed by atoms with Crippen LogP contribution in [0.4, 0.5) is 5.13 Å². The predicted molar refractivity (Wildman–Crippen MR) is 77.2 cm³/mol. The van der Waals surface area contributed by atoms with Gasteiger partial charge in [0.25, 0.3) is 5.91 Å². The fourth-order valence-corrected chi connectivity index (χ4v) is 2.65. The number of anilines is 1. The highest BCUT2D eigenvalue weighted by atomic mass is 32.1. The SMILES string of the molecule is O=Cc1ccc2nc(NC(=O)c3ccncc3)sc2c1. The van der Waals surface area contributed by atoms with E-state index in [9.17, 15) is 9.59 Å². The van der Waals surface area contributed by atoms with Gasteiger partial charge < -0.3 is 0 Å². The standard InChI is InChI=1S/C14H9N3O2S/c18-8-9-1-2-11-12(7-9)20-14(16-11)17-13(19)10-3-5-15-6-4-10/h1-8H,(H,16,17,19). The fourth-order valence-electron chi connectivity index (χ4n) is 1.74. The molecule has 0 aliphatic carbocycles. The van der Waals surface area contributed by atoms with Crippen LogP contribution in [0.15, 0.2) is 42.7 Å². The molecule has 1 aromatic carbocycles. The zero-order valence-corrected chi connectivity index (χ0v) is 11.1. The van der Waals surface area contributed by atoms with Crippen molar-refractivity contribution in [2.75, 3.05) is 5.32 Å². The van der Waals surface area contributed by atoms with Gasteiger partial charge in [0, 0.05) is 23.5 Å². The lowest BCUT2D eigenvalue weighted by atomic mass is 10.2. The van der Waals surface area contributed by atoms with E-state index < -0.39 is 0 Å². The van der Waals surface area contributed by atoms with Crippen LogP contribution in [-0.4, -0.2) is 22.2 Å². The first-order valence-corrected chi connectivity index (χ1v) is 6.65. The lowest BCUT2D eigenvalue weighted by Crippen LogP contribution is -2.11. The molecule has 2 aromatic heterocycles. The molecule has 0 saturated heterocycles. The summed E-state index contributed by atoms with van der Waals surface area (Å²) in [5.74, 6) is -0.234. The van der Waals surface area contributed by atoms with E-state index in [2.05, 4.69) is 15.3 Å². The third kappa shape index (κ3) is 2.41. The Labute approximate surface area is 118 Å². The van der Waals surface area contributed by atoms with Crippen LogP contribution in [0, 0.1) is 0 Å². The summed E-state index contributed by atoms with van der Waals surface area (Å²) in [7, 11) is 0. The molecule has 5 nitrogen and oxygen atoms in total. The average molecular weight is 283 g/mol. The number of carbonyl (C=O) groups excluding carboxylic acids is 2. The van der Waals surface area contributed by atoms with Crippen molar-refractivity contribution in [1.82, 2.24) is 9.97 Å². The minimum absolute atomic E-state index is 0.234. The van der Waals surface area contributed by atoms with E-state index in [1.54, 1.807) is 42.7 Å². The third-order valence-corrected chi connectivity index (χ3v) is 3.65. The summed E-state index contributed by atoms with van der Waals surface area (Å²) in [6, 6.07) is 8.48. The Bertz CT molecular complexity index is 783. The molecule has 0 aliphatic rings. The molecular weight excluding hydrogens is 274 g/mol. The van der Waals surface area contributed by atoms with Crippen LogP contribution in [-0.2, 0) is 0 Å². The van der Waals surface area contributed by atoms with Crippen LogP contribution in [0.25, 0.3) is 10.2 Å². The number of amides is 1. The molecule has 0 spiro atoms. The normalized spacial score (nSPS) is 10.4. The van der Waals surface area contributed by atoms with E-state index in [0.717, 1.165) is 16.5 Å². The molecule has 0 atom stereocenters. The number of fused-ring (bicyclic) bond motifs is 1. The summed E-state index contributed by atoms with van der Waals surface area (Å²) in [6.45, 7) is 0. The van der Waals surface area contributed by atoms with Gasteiger partial charge >= 0.3 is 0 Å². The van der Waals surface area contributed by atoms with E-state index in [-0.39, 0.29) is 5.91 Å². The molecule has 0 radical (unpaired) electrons. The Morgan fingerprint density at radius 1 is 1.20 bits per heavy atom. The van der Waals surface area contributed by atoms with Gasteiger partial charge in [0.15, 0.2) is 5.13 Å². The van der Waals surface area contributed by atoms with E-state index in [4.69, 9.17) is 0 Å². The van der Waals surface area contributed by atoms with E-state index in [1.165, 1.54) is 11.3 Å². The lowest BCUT2D eigenvalue weighted by Gasteiger charge is -1.99. The van der Waals surface area contributed by atoms with E-state index in [1.807, 2.05) is 0 Å². The molecule has 1 amide bonds. The fraction of sp³-hybridized carbons (Fsp3) is 0. The third-order valence-electron chi connectivity index (χ3n) is 2.71. The maximum absolute atomic E-state index is 12.0. The number of hydrogen-bond donors (Lipinski definition) is 1. The average Bonchev–Trinajstić information content (AvgIpc) is 2.89. The first-order valence-electron chi connectivity index (χ1n) is 5.83. The van der Waals surface area contributed by atoms with Gasteiger partial charge in [0.2, 0.25) is 0 Å². The molecule has 0 saturated carbocycles. The molecule has 20 heavy (non-hydrogen) atoms. The second-order valence-electron chi connectivity index (χ2n) is 4.05. The Kier molecular flexibility index (Phi) is 3.22. The maximum Gasteiger partial charge on any atom is 0.257 e. The summed E-state index contributed by atoms with van der Waals surface area (Å²) in [6.07, 6.45) is 3.90. The van der Waals surface area contributed by atoms with E-state index in [0.29, 0.717) is 16.3 Å². The van der Waals surface area contributed by atoms with Crippen LogP contribution in [0.3, 0.4) is 0 Å². The predicted octanol–water partition coefficient (Wildman–Crippen LogP) is 2.76. The highest BCUT2D eigenvalue weighted by molar-refractivity contribution is 7.22. The number of aromatic nitrogens is 2. The van der Waals surface area contributed by atoms with Crippen LogP contribution in [0.1, 0.15) is 20.7 Å². The molecule has 1 N–H and O–H groups in total. The Balaban J connectivity index is 1.88. The molecule has 2 heterocycles. The van der Waals surface area contributed by atoms with E-state index >= 15 is 0 Å². The van der Waals surface area contributed by atoms with Crippen molar-refractivity contribution in [3.63, 3.8) is 0 Å².